The Kier molecular flexibility index (Phi) is 2.12. The van der Waals surface area contributed by atoms with Crippen LogP contribution >= 0.6 is 0 Å². The highest BCUT2D eigenvalue weighted by Gasteiger charge is 2.37. The molecule has 1 amide bonds. The Hall–Kier alpha value is -1.06. The monoisotopic (exact) mass is 157 g/mol. The molecule has 0 aromatic rings. The average Bonchev–Trinajstić information content (AvgIpc) is 2.30. The minimum Gasteiger partial charge on any atom is -0.481 e. The summed E-state index contributed by atoms with van der Waals surface area (Å²) in [6, 6.07) is 0. The summed E-state index contributed by atoms with van der Waals surface area (Å²) in [5.74, 6) is -1.85. The molecule has 1 heterocycles. The summed E-state index contributed by atoms with van der Waals surface area (Å²) in [5, 5.41) is 11.2. The molecule has 2 N–H and O–H groups in total. The highest BCUT2D eigenvalue weighted by molar-refractivity contribution is 5.88. The fourth-order valence-electron chi connectivity index (χ4n) is 1.40. The second-order valence-electron chi connectivity index (χ2n) is 2.70. The smallest absolute Gasteiger partial charge is 0.309 e. The number of rotatable bonds is 2. The first-order chi connectivity index (χ1) is 5.16. The van der Waals surface area contributed by atoms with Crippen molar-refractivity contribution in [1.82, 2.24) is 5.32 Å². The normalized spacial score (nSPS) is 30.1. The summed E-state index contributed by atoms with van der Waals surface area (Å²) < 4.78 is 0. The lowest BCUT2D eigenvalue weighted by Gasteiger charge is -2.08. The van der Waals surface area contributed by atoms with Crippen LogP contribution in [0.15, 0.2) is 0 Å². The highest BCUT2D eigenvalue weighted by Crippen LogP contribution is 2.20. The molecule has 4 heteroatoms. The molecule has 1 saturated heterocycles. The topological polar surface area (TPSA) is 66.4 Å². The van der Waals surface area contributed by atoms with Gasteiger partial charge in [0.1, 0.15) is 0 Å². The van der Waals surface area contributed by atoms with Crippen molar-refractivity contribution in [3.05, 3.63) is 0 Å². The van der Waals surface area contributed by atoms with Crippen LogP contribution in [0.25, 0.3) is 0 Å². The van der Waals surface area contributed by atoms with E-state index in [0.29, 0.717) is 6.42 Å². The molecule has 2 atom stereocenters. The van der Waals surface area contributed by atoms with Crippen LogP contribution in [-0.4, -0.2) is 23.5 Å². The number of carboxylic acid groups (broad SMARTS) is 1. The van der Waals surface area contributed by atoms with Crippen molar-refractivity contribution in [2.45, 2.75) is 13.3 Å². The second kappa shape index (κ2) is 2.90. The Morgan fingerprint density at radius 1 is 1.82 bits per heavy atom. The van der Waals surface area contributed by atoms with E-state index in [0.717, 1.165) is 0 Å². The molecular formula is C7H11NO3. The maximum atomic E-state index is 10.9. The van der Waals surface area contributed by atoms with Crippen molar-refractivity contribution in [2.24, 2.45) is 11.8 Å². The fraction of sp³-hybridized carbons (Fsp3) is 0.714. The Morgan fingerprint density at radius 2 is 2.45 bits per heavy atom. The molecule has 1 rings (SSSR count). The van der Waals surface area contributed by atoms with Crippen molar-refractivity contribution < 1.29 is 14.7 Å². The van der Waals surface area contributed by atoms with Gasteiger partial charge in [-0.3, -0.25) is 9.59 Å². The standard InChI is InChI=1S/C7H11NO3/c1-2-4-5(7(10)11)3-8-6(4)9/h4-5H,2-3H2,1H3,(H,8,9)(H,10,11)/t4-,5+/m1/s1. The molecule has 4 nitrogen and oxygen atoms in total. The van der Waals surface area contributed by atoms with Crippen LogP contribution < -0.4 is 5.32 Å². The van der Waals surface area contributed by atoms with Crippen LogP contribution in [0.2, 0.25) is 0 Å². The number of hydrogen-bond donors (Lipinski definition) is 2. The van der Waals surface area contributed by atoms with Crippen molar-refractivity contribution in [3.63, 3.8) is 0 Å². The summed E-state index contributed by atoms with van der Waals surface area (Å²) in [7, 11) is 0. The lowest BCUT2D eigenvalue weighted by Crippen LogP contribution is -2.23. The molecule has 1 aliphatic rings. The summed E-state index contributed by atoms with van der Waals surface area (Å²) in [4.78, 5) is 21.5. The predicted molar refractivity (Wildman–Crippen MR) is 37.9 cm³/mol. The minimum absolute atomic E-state index is 0.125. The van der Waals surface area contributed by atoms with Crippen molar-refractivity contribution in [3.8, 4) is 0 Å². The highest BCUT2D eigenvalue weighted by atomic mass is 16.4. The molecule has 62 valence electrons. The van der Waals surface area contributed by atoms with Gasteiger partial charge in [0.25, 0.3) is 0 Å². The predicted octanol–water partition coefficient (Wildman–Crippen LogP) is -0.157. The van der Waals surface area contributed by atoms with E-state index in [9.17, 15) is 9.59 Å². The number of nitrogens with one attached hydrogen (secondary N) is 1. The third kappa shape index (κ3) is 1.34. The van der Waals surface area contributed by atoms with Crippen LogP contribution in [0.5, 0.6) is 0 Å². The Morgan fingerprint density at radius 3 is 2.82 bits per heavy atom. The molecule has 0 aliphatic carbocycles. The molecule has 0 radical (unpaired) electrons. The Balaban J connectivity index is 2.68. The molecule has 0 aromatic carbocycles. The van der Waals surface area contributed by atoms with Gasteiger partial charge in [-0.2, -0.15) is 0 Å². The largest absolute Gasteiger partial charge is 0.481 e. The molecular weight excluding hydrogens is 146 g/mol. The van der Waals surface area contributed by atoms with Gasteiger partial charge >= 0.3 is 5.97 Å². The zero-order valence-electron chi connectivity index (χ0n) is 6.33. The van der Waals surface area contributed by atoms with E-state index in [-0.39, 0.29) is 18.4 Å². The van der Waals surface area contributed by atoms with E-state index >= 15 is 0 Å². The first kappa shape index (κ1) is 8.04. The van der Waals surface area contributed by atoms with E-state index in [1.54, 1.807) is 0 Å². The van der Waals surface area contributed by atoms with Gasteiger partial charge in [0, 0.05) is 6.54 Å². The Bertz CT molecular complexity index is 190. The lowest BCUT2D eigenvalue weighted by molar-refractivity contribution is -0.143. The van der Waals surface area contributed by atoms with Gasteiger partial charge in [-0.15, -0.1) is 0 Å². The molecule has 0 bridgehead atoms. The first-order valence-electron chi connectivity index (χ1n) is 3.67. The van der Waals surface area contributed by atoms with Crippen LogP contribution in [-0.2, 0) is 9.59 Å². The van der Waals surface area contributed by atoms with Crippen LogP contribution in [0.3, 0.4) is 0 Å². The molecule has 0 aromatic heterocycles. The average molecular weight is 157 g/mol. The van der Waals surface area contributed by atoms with Crippen LogP contribution in [0, 0.1) is 11.8 Å². The first-order valence-corrected chi connectivity index (χ1v) is 3.67. The van der Waals surface area contributed by atoms with Crippen LogP contribution in [0.1, 0.15) is 13.3 Å². The Labute approximate surface area is 64.6 Å². The zero-order valence-corrected chi connectivity index (χ0v) is 6.33. The van der Waals surface area contributed by atoms with E-state index in [4.69, 9.17) is 5.11 Å². The number of aliphatic carboxylic acids is 1. The van der Waals surface area contributed by atoms with Crippen molar-refractivity contribution in [2.75, 3.05) is 6.54 Å². The van der Waals surface area contributed by atoms with E-state index < -0.39 is 11.9 Å². The fourth-order valence-corrected chi connectivity index (χ4v) is 1.40. The zero-order chi connectivity index (χ0) is 8.43. The maximum absolute atomic E-state index is 10.9. The van der Waals surface area contributed by atoms with Gasteiger partial charge < -0.3 is 10.4 Å². The molecule has 11 heavy (non-hydrogen) atoms. The van der Waals surface area contributed by atoms with E-state index in [1.807, 2.05) is 6.92 Å². The summed E-state index contributed by atoms with van der Waals surface area (Å²) in [6.45, 7) is 2.11. The molecule has 0 unspecified atom stereocenters. The lowest BCUT2D eigenvalue weighted by atomic mass is 9.93. The third-order valence-corrected chi connectivity index (χ3v) is 2.08. The quantitative estimate of drug-likeness (QED) is 0.585. The number of carboxylic acids is 1. The van der Waals surface area contributed by atoms with E-state index in [2.05, 4.69) is 5.32 Å². The van der Waals surface area contributed by atoms with Gasteiger partial charge in [-0.25, -0.2) is 0 Å². The van der Waals surface area contributed by atoms with Gasteiger partial charge in [0.05, 0.1) is 11.8 Å². The SMILES string of the molecule is CC[C@H]1C(=O)NC[C@@H]1C(=O)O. The molecule has 1 fully saturated rings. The van der Waals surface area contributed by atoms with E-state index in [1.165, 1.54) is 0 Å². The van der Waals surface area contributed by atoms with Gasteiger partial charge in [-0.1, -0.05) is 6.92 Å². The maximum Gasteiger partial charge on any atom is 0.309 e. The number of amides is 1. The number of hydrogen-bond acceptors (Lipinski definition) is 2. The van der Waals surface area contributed by atoms with Crippen LogP contribution in [0.4, 0.5) is 0 Å². The second-order valence-corrected chi connectivity index (χ2v) is 2.70. The van der Waals surface area contributed by atoms with Crippen molar-refractivity contribution in [1.29, 1.82) is 0 Å². The van der Waals surface area contributed by atoms with Gasteiger partial charge in [-0.05, 0) is 6.42 Å². The van der Waals surface area contributed by atoms with Gasteiger partial charge in [0.2, 0.25) is 5.91 Å². The van der Waals surface area contributed by atoms with Crippen molar-refractivity contribution >= 4 is 11.9 Å². The summed E-state index contributed by atoms with van der Waals surface area (Å²) in [6.07, 6.45) is 0.600. The summed E-state index contributed by atoms with van der Waals surface area (Å²) in [5.41, 5.74) is 0. The molecule has 0 spiro atoms. The minimum atomic E-state index is -0.879. The summed E-state index contributed by atoms with van der Waals surface area (Å²) >= 11 is 0. The molecule has 1 aliphatic heterocycles. The molecule has 0 saturated carbocycles. The number of carbonyl (C=O) groups excluding carboxylic acids is 1. The van der Waals surface area contributed by atoms with Gasteiger partial charge in [0.15, 0.2) is 0 Å². The number of carbonyl (C=O) groups is 2. The third-order valence-electron chi connectivity index (χ3n) is 2.08.